The molecule has 0 amide bonds. The number of hydrogen-bond donors (Lipinski definition) is 2. The molecular weight excluding hydrogens is 234 g/mol. The summed E-state index contributed by atoms with van der Waals surface area (Å²) >= 11 is 0. The molecule has 0 aliphatic rings. The number of ketones is 1. The lowest BCUT2D eigenvalue weighted by Crippen LogP contribution is -2.32. The van der Waals surface area contributed by atoms with E-state index in [1.54, 1.807) is 24.3 Å². The summed E-state index contributed by atoms with van der Waals surface area (Å²) in [6.07, 6.45) is -0.316. The first-order valence-corrected chi connectivity index (χ1v) is 5.68. The summed E-state index contributed by atoms with van der Waals surface area (Å²) < 4.78 is 5.44. The first-order chi connectivity index (χ1) is 8.40. The Morgan fingerprint density at radius 2 is 1.83 bits per heavy atom. The van der Waals surface area contributed by atoms with Gasteiger partial charge in [0.2, 0.25) is 0 Å². The van der Waals surface area contributed by atoms with Gasteiger partial charge in [-0.3, -0.25) is 9.59 Å². The van der Waals surface area contributed by atoms with Crippen LogP contribution in [0.2, 0.25) is 0 Å². The SMILES string of the molecule is CC(C)Oc1ccc(C(=O)C(N)CC(=O)O)cc1. The summed E-state index contributed by atoms with van der Waals surface area (Å²) in [6.45, 7) is 3.81. The number of carboxylic acids is 1. The molecule has 1 rings (SSSR count). The first kappa shape index (κ1) is 14.2. The number of carbonyl (C=O) groups excluding carboxylic acids is 1. The second-order valence-corrected chi connectivity index (χ2v) is 4.26. The maximum atomic E-state index is 11.8. The second-order valence-electron chi connectivity index (χ2n) is 4.26. The second kappa shape index (κ2) is 6.16. The number of Topliss-reactive ketones (excluding diaryl/α,β-unsaturated/α-hetero) is 1. The highest BCUT2D eigenvalue weighted by atomic mass is 16.5. The van der Waals surface area contributed by atoms with Gasteiger partial charge in [0.05, 0.1) is 18.6 Å². The van der Waals surface area contributed by atoms with Crippen LogP contribution in [-0.2, 0) is 4.79 Å². The summed E-state index contributed by atoms with van der Waals surface area (Å²) in [5.74, 6) is -0.808. The number of carbonyl (C=O) groups is 2. The van der Waals surface area contributed by atoms with Gasteiger partial charge in [-0.1, -0.05) is 0 Å². The van der Waals surface area contributed by atoms with Crippen LogP contribution in [0.1, 0.15) is 30.6 Å². The third-order valence-corrected chi connectivity index (χ3v) is 2.24. The van der Waals surface area contributed by atoms with E-state index in [9.17, 15) is 9.59 Å². The van der Waals surface area contributed by atoms with Crippen LogP contribution in [-0.4, -0.2) is 29.0 Å². The number of aliphatic carboxylic acids is 1. The lowest BCUT2D eigenvalue weighted by Gasteiger charge is -2.11. The third kappa shape index (κ3) is 4.18. The van der Waals surface area contributed by atoms with E-state index < -0.39 is 12.0 Å². The summed E-state index contributed by atoms with van der Waals surface area (Å²) in [5, 5.41) is 8.57. The molecule has 1 atom stereocenters. The minimum atomic E-state index is -1.09. The Kier molecular flexibility index (Phi) is 4.85. The maximum absolute atomic E-state index is 11.8. The molecular formula is C13H17NO4. The van der Waals surface area contributed by atoms with E-state index in [0.29, 0.717) is 11.3 Å². The monoisotopic (exact) mass is 251 g/mol. The average molecular weight is 251 g/mol. The minimum absolute atomic E-state index is 0.0563. The van der Waals surface area contributed by atoms with Crippen molar-refractivity contribution in [2.45, 2.75) is 32.4 Å². The minimum Gasteiger partial charge on any atom is -0.491 e. The summed E-state index contributed by atoms with van der Waals surface area (Å²) in [5.41, 5.74) is 5.90. The molecule has 5 heteroatoms. The van der Waals surface area contributed by atoms with Crippen LogP contribution < -0.4 is 10.5 Å². The molecule has 1 aromatic carbocycles. The fourth-order valence-corrected chi connectivity index (χ4v) is 1.46. The molecule has 1 aromatic rings. The van der Waals surface area contributed by atoms with Crippen LogP contribution in [0.4, 0.5) is 0 Å². The maximum Gasteiger partial charge on any atom is 0.305 e. The largest absolute Gasteiger partial charge is 0.491 e. The van der Waals surface area contributed by atoms with Gasteiger partial charge >= 0.3 is 5.97 Å². The zero-order valence-electron chi connectivity index (χ0n) is 10.4. The quantitative estimate of drug-likeness (QED) is 0.747. The summed E-state index contributed by atoms with van der Waals surface area (Å²) in [7, 11) is 0. The molecule has 0 aromatic heterocycles. The molecule has 0 aliphatic heterocycles. The molecule has 0 heterocycles. The van der Waals surface area contributed by atoms with Crippen LogP contribution in [0, 0.1) is 0 Å². The smallest absolute Gasteiger partial charge is 0.305 e. The van der Waals surface area contributed by atoms with E-state index in [0.717, 1.165) is 0 Å². The Hall–Kier alpha value is -1.88. The van der Waals surface area contributed by atoms with Gasteiger partial charge in [-0.05, 0) is 38.1 Å². The lowest BCUT2D eigenvalue weighted by atomic mass is 10.0. The first-order valence-electron chi connectivity index (χ1n) is 5.68. The molecule has 0 aliphatic carbocycles. The highest BCUT2D eigenvalue weighted by molar-refractivity contribution is 6.01. The van der Waals surface area contributed by atoms with Crippen LogP contribution >= 0.6 is 0 Å². The van der Waals surface area contributed by atoms with Crippen molar-refractivity contribution in [3.63, 3.8) is 0 Å². The Morgan fingerprint density at radius 3 is 2.28 bits per heavy atom. The van der Waals surface area contributed by atoms with Crippen molar-refractivity contribution in [3.8, 4) is 5.75 Å². The normalized spacial score (nSPS) is 12.2. The van der Waals surface area contributed by atoms with Gasteiger partial charge in [-0.15, -0.1) is 0 Å². The van der Waals surface area contributed by atoms with Crippen LogP contribution in [0.5, 0.6) is 5.75 Å². The molecule has 18 heavy (non-hydrogen) atoms. The molecule has 3 N–H and O–H groups in total. The molecule has 0 spiro atoms. The summed E-state index contributed by atoms with van der Waals surface area (Å²) in [6, 6.07) is 5.49. The van der Waals surface area contributed by atoms with E-state index in [4.69, 9.17) is 15.6 Å². The fraction of sp³-hybridized carbons (Fsp3) is 0.385. The molecule has 0 fully saturated rings. The van der Waals surface area contributed by atoms with Crippen molar-refractivity contribution in [2.75, 3.05) is 0 Å². The Morgan fingerprint density at radius 1 is 1.28 bits per heavy atom. The van der Waals surface area contributed by atoms with Crippen molar-refractivity contribution in [1.82, 2.24) is 0 Å². The molecule has 0 saturated heterocycles. The van der Waals surface area contributed by atoms with Gasteiger partial charge in [-0.25, -0.2) is 0 Å². The predicted molar refractivity (Wildman–Crippen MR) is 66.8 cm³/mol. The van der Waals surface area contributed by atoms with Gasteiger partial charge in [0, 0.05) is 5.56 Å². The van der Waals surface area contributed by atoms with Crippen molar-refractivity contribution in [1.29, 1.82) is 0 Å². The fourth-order valence-electron chi connectivity index (χ4n) is 1.46. The molecule has 0 bridgehead atoms. The van der Waals surface area contributed by atoms with Crippen molar-refractivity contribution in [2.24, 2.45) is 5.73 Å². The van der Waals surface area contributed by atoms with Crippen LogP contribution in [0.3, 0.4) is 0 Å². The lowest BCUT2D eigenvalue weighted by molar-refractivity contribution is -0.137. The number of ether oxygens (including phenoxy) is 1. The van der Waals surface area contributed by atoms with E-state index in [1.165, 1.54) is 0 Å². The number of hydrogen-bond acceptors (Lipinski definition) is 4. The van der Waals surface area contributed by atoms with E-state index in [2.05, 4.69) is 0 Å². The van der Waals surface area contributed by atoms with Crippen molar-refractivity contribution in [3.05, 3.63) is 29.8 Å². The number of nitrogens with two attached hydrogens (primary N) is 1. The molecule has 0 saturated carbocycles. The highest BCUT2D eigenvalue weighted by Crippen LogP contribution is 2.15. The molecule has 98 valence electrons. The van der Waals surface area contributed by atoms with Crippen LogP contribution in [0.25, 0.3) is 0 Å². The Bertz CT molecular complexity index is 425. The summed E-state index contributed by atoms with van der Waals surface area (Å²) in [4.78, 5) is 22.3. The van der Waals surface area contributed by atoms with Gasteiger partial charge in [-0.2, -0.15) is 0 Å². The Labute approximate surface area is 106 Å². The molecule has 5 nitrogen and oxygen atoms in total. The van der Waals surface area contributed by atoms with Crippen molar-refractivity contribution < 1.29 is 19.4 Å². The molecule has 1 unspecified atom stereocenters. The molecule has 0 radical (unpaired) electrons. The average Bonchev–Trinajstić information content (AvgIpc) is 2.27. The van der Waals surface area contributed by atoms with Gasteiger partial charge < -0.3 is 15.6 Å². The zero-order valence-corrected chi connectivity index (χ0v) is 10.4. The van der Waals surface area contributed by atoms with E-state index >= 15 is 0 Å². The Balaban J connectivity index is 2.72. The van der Waals surface area contributed by atoms with Gasteiger partial charge in [0.1, 0.15) is 5.75 Å². The zero-order chi connectivity index (χ0) is 13.7. The van der Waals surface area contributed by atoms with Gasteiger partial charge in [0.15, 0.2) is 5.78 Å². The van der Waals surface area contributed by atoms with Gasteiger partial charge in [0.25, 0.3) is 0 Å². The highest BCUT2D eigenvalue weighted by Gasteiger charge is 2.18. The topological polar surface area (TPSA) is 89.6 Å². The number of rotatable bonds is 6. The van der Waals surface area contributed by atoms with E-state index in [1.807, 2.05) is 13.8 Å². The van der Waals surface area contributed by atoms with Crippen LogP contribution in [0.15, 0.2) is 24.3 Å². The van der Waals surface area contributed by atoms with Crippen molar-refractivity contribution >= 4 is 11.8 Å². The standard InChI is InChI=1S/C13H17NO4/c1-8(2)18-10-5-3-9(4-6-10)13(17)11(14)7-12(15)16/h3-6,8,11H,7,14H2,1-2H3,(H,15,16). The number of benzene rings is 1. The number of carboxylic acid groups (broad SMARTS) is 1. The van der Waals surface area contributed by atoms with E-state index in [-0.39, 0.29) is 18.3 Å². The third-order valence-electron chi connectivity index (χ3n) is 2.24. The predicted octanol–water partition coefficient (Wildman–Crippen LogP) is 1.46.